The maximum Gasteiger partial charge on any atom is 0.139 e. The Morgan fingerprint density at radius 1 is 1.29 bits per heavy atom. The molecule has 0 spiro atoms. The minimum atomic E-state index is -0.344. The van der Waals surface area contributed by atoms with Crippen molar-refractivity contribution in [2.75, 3.05) is 7.11 Å². The molecule has 0 atom stereocenters. The highest BCUT2D eigenvalue weighted by molar-refractivity contribution is 9.10. The van der Waals surface area contributed by atoms with Crippen molar-refractivity contribution in [2.24, 2.45) is 0 Å². The number of hydrogen-bond donors (Lipinski definition) is 0. The lowest BCUT2D eigenvalue weighted by atomic mass is 10.2. The van der Waals surface area contributed by atoms with E-state index in [0.717, 1.165) is 17.0 Å². The van der Waals surface area contributed by atoms with Gasteiger partial charge >= 0.3 is 0 Å². The quantitative estimate of drug-likeness (QED) is 0.627. The SMILES string of the molecule is COc1ccc(-n2c(CCl)nc3cc(F)c(Br)cc32)cc1. The van der Waals surface area contributed by atoms with Crippen LogP contribution >= 0.6 is 27.5 Å². The van der Waals surface area contributed by atoms with E-state index in [9.17, 15) is 4.39 Å². The summed E-state index contributed by atoms with van der Waals surface area (Å²) in [7, 11) is 1.62. The molecule has 0 aliphatic heterocycles. The van der Waals surface area contributed by atoms with Gasteiger partial charge < -0.3 is 4.74 Å². The Balaban J connectivity index is 2.25. The molecule has 108 valence electrons. The zero-order valence-corrected chi connectivity index (χ0v) is 13.4. The van der Waals surface area contributed by atoms with Crippen molar-refractivity contribution >= 4 is 38.6 Å². The summed E-state index contributed by atoms with van der Waals surface area (Å²) in [5, 5.41) is 0. The van der Waals surface area contributed by atoms with Gasteiger partial charge in [0.2, 0.25) is 0 Å². The third kappa shape index (κ3) is 2.51. The summed E-state index contributed by atoms with van der Waals surface area (Å²) in [5.74, 6) is 1.32. The predicted molar refractivity (Wildman–Crippen MR) is 84.8 cm³/mol. The van der Waals surface area contributed by atoms with Gasteiger partial charge in [0.1, 0.15) is 17.4 Å². The lowest BCUT2D eigenvalue weighted by Gasteiger charge is -2.09. The van der Waals surface area contributed by atoms with Crippen LogP contribution in [0.4, 0.5) is 4.39 Å². The van der Waals surface area contributed by atoms with Crippen LogP contribution in [0.2, 0.25) is 0 Å². The number of nitrogens with zero attached hydrogens (tertiary/aromatic N) is 2. The first-order valence-electron chi connectivity index (χ1n) is 6.21. The van der Waals surface area contributed by atoms with E-state index in [2.05, 4.69) is 20.9 Å². The van der Waals surface area contributed by atoms with Crippen LogP contribution in [0.1, 0.15) is 5.82 Å². The van der Waals surface area contributed by atoms with Crippen LogP contribution in [0.5, 0.6) is 5.75 Å². The van der Waals surface area contributed by atoms with Crippen molar-refractivity contribution in [1.29, 1.82) is 0 Å². The monoisotopic (exact) mass is 368 g/mol. The maximum atomic E-state index is 13.6. The standard InChI is InChI=1S/C15H11BrClFN2O/c1-21-10-4-2-9(3-5-10)20-14-6-11(16)12(18)7-13(14)19-15(20)8-17/h2-7H,8H2,1H3. The lowest BCUT2D eigenvalue weighted by Crippen LogP contribution is -1.99. The Morgan fingerprint density at radius 2 is 2.00 bits per heavy atom. The summed E-state index contributed by atoms with van der Waals surface area (Å²) >= 11 is 9.19. The van der Waals surface area contributed by atoms with Crippen LogP contribution in [0.25, 0.3) is 16.7 Å². The Morgan fingerprint density at radius 3 is 2.62 bits per heavy atom. The van der Waals surface area contributed by atoms with Crippen molar-refractivity contribution in [3.63, 3.8) is 0 Å². The van der Waals surface area contributed by atoms with Crippen LogP contribution in [0, 0.1) is 5.82 Å². The molecule has 0 N–H and O–H groups in total. The fourth-order valence-corrected chi connectivity index (χ4v) is 2.74. The lowest BCUT2D eigenvalue weighted by molar-refractivity contribution is 0.414. The van der Waals surface area contributed by atoms with E-state index in [1.54, 1.807) is 13.2 Å². The molecule has 0 amide bonds. The average molecular weight is 370 g/mol. The fraction of sp³-hybridized carbons (Fsp3) is 0.133. The Bertz CT molecular complexity index is 802. The molecule has 1 aromatic heterocycles. The molecule has 0 radical (unpaired) electrons. The van der Waals surface area contributed by atoms with Crippen LogP contribution in [-0.4, -0.2) is 16.7 Å². The molecular weight excluding hydrogens is 359 g/mol. The molecule has 0 unspecified atom stereocenters. The average Bonchev–Trinajstić information content (AvgIpc) is 2.85. The zero-order chi connectivity index (χ0) is 15.0. The summed E-state index contributed by atoms with van der Waals surface area (Å²) in [6, 6.07) is 10.6. The van der Waals surface area contributed by atoms with Gasteiger partial charge in [-0.05, 0) is 46.3 Å². The molecule has 6 heteroatoms. The molecule has 1 heterocycles. The molecule has 3 nitrogen and oxygen atoms in total. The highest BCUT2D eigenvalue weighted by Crippen LogP contribution is 2.28. The second-order valence-corrected chi connectivity index (χ2v) is 5.57. The second-order valence-electron chi connectivity index (χ2n) is 4.45. The maximum absolute atomic E-state index is 13.6. The Hall–Kier alpha value is -1.59. The molecule has 0 aliphatic rings. The zero-order valence-electron chi connectivity index (χ0n) is 11.1. The first-order valence-corrected chi connectivity index (χ1v) is 7.53. The van der Waals surface area contributed by atoms with Crippen LogP contribution < -0.4 is 4.74 Å². The summed E-state index contributed by atoms with van der Waals surface area (Å²) in [6.45, 7) is 0. The molecule has 2 aromatic carbocycles. The van der Waals surface area contributed by atoms with Gasteiger partial charge in [0.15, 0.2) is 0 Å². The van der Waals surface area contributed by atoms with Gasteiger partial charge in [0.05, 0.1) is 28.5 Å². The number of methoxy groups -OCH3 is 1. The number of aromatic nitrogens is 2. The largest absolute Gasteiger partial charge is 0.497 e. The van der Waals surface area contributed by atoms with E-state index >= 15 is 0 Å². The molecular formula is C15H11BrClFN2O. The van der Waals surface area contributed by atoms with E-state index in [4.69, 9.17) is 16.3 Å². The smallest absolute Gasteiger partial charge is 0.139 e. The second kappa shape index (κ2) is 5.66. The van der Waals surface area contributed by atoms with E-state index in [-0.39, 0.29) is 11.7 Å². The molecule has 3 rings (SSSR count). The summed E-state index contributed by atoms with van der Waals surface area (Å²) in [5.41, 5.74) is 2.26. The number of ether oxygens (including phenoxy) is 1. The highest BCUT2D eigenvalue weighted by Gasteiger charge is 2.14. The Labute approximate surface area is 134 Å². The number of rotatable bonds is 3. The minimum Gasteiger partial charge on any atom is -0.497 e. The highest BCUT2D eigenvalue weighted by atomic mass is 79.9. The van der Waals surface area contributed by atoms with Crippen LogP contribution in [0.3, 0.4) is 0 Å². The number of halogens is 3. The third-order valence-corrected chi connectivity index (χ3v) is 4.06. The van der Waals surface area contributed by atoms with Crippen molar-refractivity contribution in [1.82, 2.24) is 9.55 Å². The van der Waals surface area contributed by atoms with Gasteiger partial charge in [-0.1, -0.05) is 0 Å². The summed E-state index contributed by atoms with van der Waals surface area (Å²) < 4.78 is 21.1. The number of imidazole rings is 1. The number of fused-ring (bicyclic) bond motifs is 1. The van der Waals surface area contributed by atoms with E-state index in [0.29, 0.717) is 15.8 Å². The van der Waals surface area contributed by atoms with Crippen molar-refractivity contribution in [3.05, 3.63) is 52.5 Å². The Kier molecular flexibility index (Phi) is 3.87. The van der Waals surface area contributed by atoms with Crippen molar-refractivity contribution in [3.8, 4) is 11.4 Å². The predicted octanol–water partition coefficient (Wildman–Crippen LogP) is 4.67. The van der Waals surface area contributed by atoms with Crippen LogP contribution in [0.15, 0.2) is 40.9 Å². The topological polar surface area (TPSA) is 27.1 Å². The third-order valence-electron chi connectivity index (χ3n) is 3.22. The van der Waals surface area contributed by atoms with Gasteiger partial charge in [-0.25, -0.2) is 9.37 Å². The van der Waals surface area contributed by atoms with E-state index < -0.39 is 0 Å². The normalized spacial score (nSPS) is 11.0. The first kappa shape index (κ1) is 14.4. The van der Waals surface area contributed by atoms with Gasteiger partial charge in [-0.15, -0.1) is 11.6 Å². The summed E-state index contributed by atoms with van der Waals surface area (Å²) in [4.78, 5) is 4.39. The van der Waals surface area contributed by atoms with Gasteiger partial charge in [-0.2, -0.15) is 0 Å². The van der Waals surface area contributed by atoms with Gasteiger partial charge in [-0.3, -0.25) is 4.57 Å². The van der Waals surface area contributed by atoms with Crippen LogP contribution in [-0.2, 0) is 5.88 Å². The number of alkyl halides is 1. The van der Waals surface area contributed by atoms with Crippen molar-refractivity contribution < 1.29 is 9.13 Å². The molecule has 0 bridgehead atoms. The van der Waals surface area contributed by atoms with Crippen molar-refractivity contribution in [2.45, 2.75) is 5.88 Å². The molecule has 0 fully saturated rings. The minimum absolute atomic E-state index is 0.236. The van der Waals surface area contributed by atoms with Gasteiger partial charge in [0.25, 0.3) is 0 Å². The van der Waals surface area contributed by atoms with E-state index in [1.165, 1.54) is 6.07 Å². The first-order chi connectivity index (χ1) is 10.1. The number of benzene rings is 2. The molecule has 0 saturated carbocycles. The molecule has 3 aromatic rings. The van der Waals surface area contributed by atoms with Gasteiger partial charge in [0, 0.05) is 11.8 Å². The molecule has 0 aliphatic carbocycles. The molecule has 0 saturated heterocycles. The summed E-state index contributed by atoms with van der Waals surface area (Å²) in [6.07, 6.45) is 0. The fourth-order valence-electron chi connectivity index (χ4n) is 2.23. The number of hydrogen-bond acceptors (Lipinski definition) is 2. The van der Waals surface area contributed by atoms with E-state index in [1.807, 2.05) is 28.8 Å². The molecule has 21 heavy (non-hydrogen) atoms.